The number of esters is 1. The first kappa shape index (κ1) is 23.3. The van der Waals surface area contributed by atoms with E-state index in [0.29, 0.717) is 30.6 Å². The summed E-state index contributed by atoms with van der Waals surface area (Å²) < 4.78 is 44.0. The Morgan fingerprint density at radius 1 is 1.12 bits per heavy atom. The lowest BCUT2D eigenvalue weighted by Gasteiger charge is -2.36. The maximum Gasteiger partial charge on any atom is 0.416 e. The van der Waals surface area contributed by atoms with E-state index in [0.717, 1.165) is 43.4 Å². The van der Waals surface area contributed by atoms with Gasteiger partial charge in [0.2, 0.25) is 5.91 Å². The lowest BCUT2D eigenvalue weighted by Crippen LogP contribution is -2.51. The number of likely N-dealkylation sites (tertiary alicyclic amines) is 1. The van der Waals surface area contributed by atoms with Crippen molar-refractivity contribution >= 4 is 11.9 Å². The highest BCUT2D eigenvalue weighted by Gasteiger charge is 2.47. The molecule has 1 saturated carbocycles. The van der Waals surface area contributed by atoms with Gasteiger partial charge in [-0.3, -0.25) is 9.69 Å². The molecule has 0 radical (unpaired) electrons. The van der Waals surface area contributed by atoms with Crippen LogP contribution in [0, 0.1) is 0 Å². The fourth-order valence-corrected chi connectivity index (χ4v) is 4.53. The molecule has 0 bridgehead atoms. The first-order chi connectivity index (χ1) is 15.7. The molecule has 1 atom stereocenters. The molecule has 1 aliphatic heterocycles. The molecular weight excluding hydrogens is 433 g/mol. The van der Waals surface area contributed by atoms with E-state index in [9.17, 15) is 22.8 Å². The second kappa shape index (κ2) is 9.17. The smallest absolute Gasteiger partial charge is 0.416 e. The van der Waals surface area contributed by atoms with Crippen LogP contribution in [0.15, 0.2) is 48.5 Å². The van der Waals surface area contributed by atoms with Crippen LogP contribution in [0.25, 0.3) is 0 Å². The molecule has 1 aliphatic carbocycles. The number of rotatable bonds is 6. The average molecular weight is 460 g/mol. The van der Waals surface area contributed by atoms with E-state index in [1.54, 1.807) is 18.2 Å². The summed E-state index contributed by atoms with van der Waals surface area (Å²) in [5.74, 6) is -0.515. The Morgan fingerprint density at radius 3 is 2.48 bits per heavy atom. The van der Waals surface area contributed by atoms with Gasteiger partial charge in [0.1, 0.15) is 0 Å². The predicted octanol–water partition coefficient (Wildman–Crippen LogP) is 4.65. The number of nitrogens with one attached hydrogen (secondary N) is 1. The molecule has 0 spiro atoms. The fourth-order valence-electron chi connectivity index (χ4n) is 4.53. The number of halogens is 3. The van der Waals surface area contributed by atoms with Crippen LogP contribution in [0.1, 0.15) is 59.2 Å². The molecule has 2 aromatic rings. The largest absolute Gasteiger partial charge is 0.465 e. The molecular formula is C25H27F3N2O3. The molecule has 1 unspecified atom stereocenters. The van der Waals surface area contributed by atoms with E-state index in [4.69, 9.17) is 4.74 Å². The molecule has 176 valence electrons. The highest BCUT2D eigenvalue weighted by molar-refractivity contribution is 5.89. The van der Waals surface area contributed by atoms with Crippen molar-refractivity contribution in [2.75, 3.05) is 13.7 Å². The Bertz CT molecular complexity index is 1020. The van der Waals surface area contributed by atoms with Gasteiger partial charge in [-0.15, -0.1) is 0 Å². The summed E-state index contributed by atoms with van der Waals surface area (Å²) in [6.45, 7) is 0.956. The van der Waals surface area contributed by atoms with Gasteiger partial charge in [-0.1, -0.05) is 36.8 Å². The normalized spacial score (nSPS) is 20.2. The number of nitrogens with zero attached hydrogens (tertiary/aromatic N) is 1. The Labute approximate surface area is 190 Å². The molecule has 1 amide bonds. The lowest BCUT2D eigenvalue weighted by molar-refractivity contribution is -0.137. The van der Waals surface area contributed by atoms with Crippen molar-refractivity contribution in [1.29, 1.82) is 0 Å². The van der Waals surface area contributed by atoms with Gasteiger partial charge in [0, 0.05) is 6.54 Å². The third kappa shape index (κ3) is 5.21. The zero-order valence-electron chi connectivity index (χ0n) is 18.5. The van der Waals surface area contributed by atoms with Crippen molar-refractivity contribution in [3.63, 3.8) is 0 Å². The highest BCUT2D eigenvalue weighted by Crippen LogP contribution is 2.46. The van der Waals surface area contributed by atoms with Crippen molar-refractivity contribution in [2.24, 2.45) is 0 Å². The molecule has 4 rings (SSSR count). The number of methoxy groups -OCH3 is 1. The molecule has 1 N–H and O–H groups in total. The highest BCUT2D eigenvalue weighted by atomic mass is 19.4. The first-order valence-corrected chi connectivity index (χ1v) is 11.1. The molecule has 5 nitrogen and oxygen atoms in total. The van der Waals surface area contributed by atoms with E-state index in [-0.39, 0.29) is 11.9 Å². The number of amides is 1. The quantitative estimate of drug-likeness (QED) is 0.638. The number of ether oxygens (including phenoxy) is 1. The summed E-state index contributed by atoms with van der Waals surface area (Å²) in [7, 11) is 1.33. The molecule has 8 heteroatoms. The summed E-state index contributed by atoms with van der Waals surface area (Å²) in [5, 5.41) is 3.19. The SMILES string of the molecule is COC(=O)c1ccc(C2(NC(=O)C3CCCCN3Cc3cccc(C(F)(F)F)c3)CC2)cc1. The number of piperidine rings is 1. The van der Waals surface area contributed by atoms with Crippen molar-refractivity contribution in [3.05, 3.63) is 70.8 Å². The second-order valence-corrected chi connectivity index (χ2v) is 8.82. The Hall–Kier alpha value is -2.87. The predicted molar refractivity (Wildman–Crippen MR) is 116 cm³/mol. The molecule has 2 aromatic carbocycles. The van der Waals surface area contributed by atoms with Crippen LogP contribution in [0.2, 0.25) is 0 Å². The van der Waals surface area contributed by atoms with Crippen LogP contribution < -0.4 is 5.32 Å². The van der Waals surface area contributed by atoms with E-state index in [2.05, 4.69) is 5.32 Å². The van der Waals surface area contributed by atoms with Gasteiger partial charge in [0.25, 0.3) is 0 Å². The lowest BCUT2D eigenvalue weighted by atomic mass is 9.98. The van der Waals surface area contributed by atoms with Crippen LogP contribution >= 0.6 is 0 Å². The van der Waals surface area contributed by atoms with Crippen LogP contribution in [-0.4, -0.2) is 36.5 Å². The third-order valence-corrected chi connectivity index (χ3v) is 6.53. The van der Waals surface area contributed by atoms with E-state index >= 15 is 0 Å². The van der Waals surface area contributed by atoms with Crippen molar-refractivity contribution in [1.82, 2.24) is 10.2 Å². The zero-order valence-corrected chi connectivity index (χ0v) is 18.5. The number of benzene rings is 2. The maximum absolute atomic E-state index is 13.3. The van der Waals surface area contributed by atoms with Crippen molar-refractivity contribution in [2.45, 2.75) is 56.4 Å². The average Bonchev–Trinajstić information content (AvgIpc) is 3.59. The molecule has 0 aromatic heterocycles. The Kier molecular flexibility index (Phi) is 6.47. The Balaban J connectivity index is 1.46. The molecule has 1 heterocycles. The minimum Gasteiger partial charge on any atom is -0.465 e. The van der Waals surface area contributed by atoms with Gasteiger partial charge in [-0.25, -0.2) is 4.79 Å². The van der Waals surface area contributed by atoms with Gasteiger partial charge in [0.05, 0.1) is 29.8 Å². The topological polar surface area (TPSA) is 58.6 Å². The number of carbonyl (C=O) groups excluding carboxylic acids is 2. The van der Waals surface area contributed by atoms with Crippen molar-refractivity contribution < 1.29 is 27.5 Å². The molecule has 33 heavy (non-hydrogen) atoms. The maximum atomic E-state index is 13.3. The minimum atomic E-state index is -4.39. The zero-order chi connectivity index (χ0) is 23.6. The number of hydrogen-bond acceptors (Lipinski definition) is 4. The van der Waals surface area contributed by atoms with Gasteiger partial charge in [-0.2, -0.15) is 13.2 Å². The third-order valence-electron chi connectivity index (χ3n) is 6.53. The van der Waals surface area contributed by atoms with Crippen LogP contribution in [0.3, 0.4) is 0 Å². The van der Waals surface area contributed by atoms with Crippen LogP contribution in [0.5, 0.6) is 0 Å². The van der Waals surface area contributed by atoms with Crippen molar-refractivity contribution in [3.8, 4) is 0 Å². The first-order valence-electron chi connectivity index (χ1n) is 11.1. The van der Waals surface area contributed by atoms with Gasteiger partial charge < -0.3 is 10.1 Å². The molecule has 2 aliphatic rings. The standard InChI is InChI=1S/C25H27F3N2O3/c1-33-23(32)18-8-10-19(11-9-18)24(12-13-24)29-22(31)21-7-2-3-14-30(21)16-17-5-4-6-20(15-17)25(26,27)28/h4-6,8-11,15,21H,2-3,7,12-14,16H2,1H3,(H,29,31). The molecule has 2 fully saturated rings. The van der Waals surface area contributed by atoms with Gasteiger partial charge in [0.15, 0.2) is 0 Å². The summed E-state index contributed by atoms with van der Waals surface area (Å²) >= 11 is 0. The number of alkyl halides is 3. The summed E-state index contributed by atoms with van der Waals surface area (Å²) in [5.41, 5.74) is 0.798. The van der Waals surface area contributed by atoms with E-state index < -0.39 is 23.2 Å². The Morgan fingerprint density at radius 2 is 1.85 bits per heavy atom. The second-order valence-electron chi connectivity index (χ2n) is 8.82. The van der Waals surface area contributed by atoms with Crippen LogP contribution in [-0.2, 0) is 27.8 Å². The summed E-state index contributed by atoms with van der Waals surface area (Å²) in [6, 6.07) is 12.0. The fraction of sp³-hybridized carbons (Fsp3) is 0.440. The monoisotopic (exact) mass is 460 g/mol. The van der Waals surface area contributed by atoms with E-state index in [1.807, 2.05) is 17.0 Å². The molecule has 1 saturated heterocycles. The summed E-state index contributed by atoms with van der Waals surface area (Å²) in [4.78, 5) is 26.9. The van der Waals surface area contributed by atoms with Gasteiger partial charge >= 0.3 is 12.1 Å². The van der Waals surface area contributed by atoms with Gasteiger partial charge in [-0.05, 0) is 61.6 Å². The van der Waals surface area contributed by atoms with Crippen LogP contribution in [0.4, 0.5) is 13.2 Å². The summed E-state index contributed by atoms with van der Waals surface area (Å²) in [6.07, 6.45) is -0.313. The van der Waals surface area contributed by atoms with E-state index in [1.165, 1.54) is 13.2 Å². The minimum absolute atomic E-state index is 0.101. The number of carbonyl (C=O) groups is 2. The number of hydrogen-bond donors (Lipinski definition) is 1.